The average Bonchev–Trinajstić information content (AvgIpc) is 2.33. The number of hydrogen-bond donors (Lipinski definition) is 1. The van der Waals surface area contributed by atoms with Crippen molar-refractivity contribution in [3.05, 3.63) is 29.8 Å². The lowest BCUT2D eigenvalue weighted by molar-refractivity contribution is 0.452. The number of aromatic hydroxyl groups is 1. The zero-order valence-corrected chi connectivity index (χ0v) is 8.74. The summed E-state index contributed by atoms with van der Waals surface area (Å²) < 4.78 is 1.77. The molecule has 2 nitrogen and oxygen atoms in total. The Labute approximate surface area is 84.3 Å². The molecule has 3 heteroatoms. The Hall–Kier alpha value is -0.710. The van der Waals surface area contributed by atoms with E-state index in [4.69, 9.17) is 0 Å². The standard InChI is InChI=1S/C9H8INO/c1-6-7-4-2-3-5-8(7)11(10)9(6)12/h2-5,12H,1H3. The molecule has 1 heterocycles. The van der Waals surface area contributed by atoms with Crippen molar-refractivity contribution < 1.29 is 5.11 Å². The van der Waals surface area contributed by atoms with E-state index in [1.165, 1.54) is 0 Å². The second kappa shape index (κ2) is 2.65. The quantitative estimate of drug-likeness (QED) is 0.733. The molecule has 62 valence electrons. The van der Waals surface area contributed by atoms with Gasteiger partial charge in [-0.05, 0) is 13.0 Å². The maximum atomic E-state index is 9.59. The minimum absolute atomic E-state index is 0.344. The molecule has 0 bridgehead atoms. The first-order valence-corrected chi connectivity index (χ1v) is 4.63. The van der Waals surface area contributed by atoms with Gasteiger partial charge < -0.3 is 5.11 Å². The lowest BCUT2D eigenvalue weighted by atomic mass is 10.2. The van der Waals surface area contributed by atoms with Gasteiger partial charge in [0.15, 0.2) is 0 Å². The van der Waals surface area contributed by atoms with Gasteiger partial charge in [-0.1, -0.05) is 18.2 Å². The van der Waals surface area contributed by atoms with E-state index in [2.05, 4.69) is 22.9 Å². The van der Waals surface area contributed by atoms with Gasteiger partial charge in [0, 0.05) is 10.9 Å². The SMILES string of the molecule is Cc1c(O)n(I)c2ccccc12. The fraction of sp³-hybridized carbons (Fsp3) is 0.111. The molecule has 12 heavy (non-hydrogen) atoms. The monoisotopic (exact) mass is 273 g/mol. The Balaban J connectivity index is 2.99. The van der Waals surface area contributed by atoms with Crippen LogP contribution in [0.2, 0.25) is 0 Å². The van der Waals surface area contributed by atoms with Crippen molar-refractivity contribution in [3.8, 4) is 5.88 Å². The number of halogens is 1. The molecular formula is C9H8INO. The second-order valence-corrected chi connectivity index (χ2v) is 3.71. The highest BCUT2D eigenvalue weighted by Crippen LogP contribution is 2.31. The van der Waals surface area contributed by atoms with Crippen LogP contribution in [0, 0.1) is 6.92 Å². The van der Waals surface area contributed by atoms with Gasteiger partial charge >= 0.3 is 0 Å². The summed E-state index contributed by atoms with van der Waals surface area (Å²) in [6.45, 7) is 1.92. The Kier molecular flexibility index (Phi) is 1.75. The summed E-state index contributed by atoms with van der Waals surface area (Å²) in [4.78, 5) is 0. The van der Waals surface area contributed by atoms with Crippen molar-refractivity contribution in [2.75, 3.05) is 0 Å². The fourth-order valence-corrected chi connectivity index (χ4v) is 2.13. The minimum Gasteiger partial charge on any atom is -0.494 e. The van der Waals surface area contributed by atoms with Crippen LogP contribution in [0.1, 0.15) is 5.56 Å². The van der Waals surface area contributed by atoms with Gasteiger partial charge in [-0.2, -0.15) is 0 Å². The van der Waals surface area contributed by atoms with Crippen LogP contribution in [0.3, 0.4) is 0 Å². The lowest BCUT2D eigenvalue weighted by Gasteiger charge is -1.92. The average molecular weight is 273 g/mol. The summed E-state index contributed by atoms with van der Waals surface area (Å²) in [7, 11) is 0. The number of hydrogen-bond acceptors (Lipinski definition) is 1. The third-order valence-corrected chi connectivity index (χ3v) is 3.02. The maximum Gasteiger partial charge on any atom is 0.204 e. The smallest absolute Gasteiger partial charge is 0.204 e. The Morgan fingerprint density at radius 2 is 2.00 bits per heavy atom. The summed E-state index contributed by atoms with van der Waals surface area (Å²) >= 11 is 2.09. The van der Waals surface area contributed by atoms with Crippen molar-refractivity contribution >= 4 is 33.8 Å². The maximum absolute atomic E-state index is 9.59. The highest BCUT2D eigenvalue weighted by atomic mass is 127. The summed E-state index contributed by atoms with van der Waals surface area (Å²) in [5, 5.41) is 10.7. The van der Waals surface area contributed by atoms with Gasteiger partial charge in [-0.3, -0.25) is 2.78 Å². The largest absolute Gasteiger partial charge is 0.494 e. The fourth-order valence-electron chi connectivity index (χ4n) is 1.34. The third kappa shape index (κ3) is 0.924. The molecular weight excluding hydrogens is 265 g/mol. The molecule has 0 unspecified atom stereocenters. The number of aryl methyl sites for hydroxylation is 1. The van der Waals surface area contributed by atoms with Crippen LogP contribution >= 0.6 is 22.9 Å². The van der Waals surface area contributed by atoms with Crippen LogP contribution in [0.4, 0.5) is 0 Å². The van der Waals surface area contributed by atoms with Crippen LogP contribution in [0.5, 0.6) is 5.88 Å². The number of benzene rings is 1. The van der Waals surface area contributed by atoms with Crippen molar-refractivity contribution in [2.45, 2.75) is 6.92 Å². The molecule has 1 N–H and O–H groups in total. The van der Waals surface area contributed by atoms with E-state index in [9.17, 15) is 5.11 Å². The molecule has 1 aromatic heterocycles. The molecule has 0 saturated heterocycles. The zero-order valence-electron chi connectivity index (χ0n) is 6.58. The van der Waals surface area contributed by atoms with Crippen LogP contribution in [-0.2, 0) is 0 Å². The van der Waals surface area contributed by atoms with Crippen molar-refractivity contribution in [1.82, 2.24) is 2.78 Å². The summed E-state index contributed by atoms with van der Waals surface area (Å²) in [5.74, 6) is 0.344. The molecule has 0 fully saturated rings. The zero-order chi connectivity index (χ0) is 8.72. The first-order valence-electron chi connectivity index (χ1n) is 3.67. The number of nitrogens with zero attached hydrogens (tertiary/aromatic N) is 1. The summed E-state index contributed by atoms with van der Waals surface area (Å²) in [5.41, 5.74) is 2.01. The molecule has 0 amide bonds. The van der Waals surface area contributed by atoms with Gasteiger partial charge in [0.05, 0.1) is 28.4 Å². The van der Waals surface area contributed by atoms with Gasteiger partial charge in [0.1, 0.15) is 0 Å². The van der Waals surface area contributed by atoms with E-state index in [0.29, 0.717) is 5.88 Å². The molecule has 2 aromatic rings. The Bertz CT molecular complexity index is 394. The molecule has 0 aliphatic rings. The number of para-hydroxylation sites is 1. The van der Waals surface area contributed by atoms with E-state index in [1.807, 2.05) is 31.2 Å². The van der Waals surface area contributed by atoms with E-state index >= 15 is 0 Å². The Morgan fingerprint density at radius 3 is 2.67 bits per heavy atom. The summed E-state index contributed by atoms with van der Waals surface area (Å²) in [6, 6.07) is 7.95. The van der Waals surface area contributed by atoms with Crippen molar-refractivity contribution in [3.63, 3.8) is 0 Å². The van der Waals surface area contributed by atoms with E-state index in [-0.39, 0.29) is 0 Å². The molecule has 1 aromatic carbocycles. The molecule has 0 aliphatic carbocycles. The van der Waals surface area contributed by atoms with Gasteiger partial charge in [-0.25, -0.2) is 0 Å². The minimum atomic E-state index is 0.344. The van der Waals surface area contributed by atoms with E-state index < -0.39 is 0 Å². The van der Waals surface area contributed by atoms with Crippen LogP contribution in [0.25, 0.3) is 10.9 Å². The first-order chi connectivity index (χ1) is 5.72. The highest BCUT2D eigenvalue weighted by Gasteiger charge is 2.09. The van der Waals surface area contributed by atoms with Gasteiger partial charge in [-0.15, -0.1) is 0 Å². The molecule has 0 radical (unpaired) electrons. The predicted octanol–water partition coefficient (Wildman–Crippen LogP) is 2.85. The second-order valence-electron chi connectivity index (χ2n) is 2.75. The number of rotatable bonds is 0. The Morgan fingerprint density at radius 1 is 1.33 bits per heavy atom. The van der Waals surface area contributed by atoms with E-state index in [0.717, 1.165) is 16.5 Å². The van der Waals surface area contributed by atoms with Gasteiger partial charge in [0.2, 0.25) is 5.88 Å². The van der Waals surface area contributed by atoms with Crippen LogP contribution < -0.4 is 0 Å². The van der Waals surface area contributed by atoms with Crippen LogP contribution in [-0.4, -0.2) is 7.89 Å². The first kappa shape index (κ1) is 7.91. The van der Waals surface area contributed by atoms with Crippen molar-refractivity contribution in [2.24, 2.45) is 0 Å². The molecule has 0 aliphatic heterocycles. The predicted molar refractivity (Wildman–Crippen MR) is 57.8 cm³/mol. The molecule has 0 atom stereocenters. The number of fused-ring (bicyclic) bond motifs is 1. The topological polar surface area (TPSA) is 25.2 Å². The third-order valence-electron chi connectivity index (χ3n) is 2.04. The summed E-state index contributed by atoms with van der Waals surface area (Å²) in [6.07, 6.45) is 0. The molecule has 0 saturated carbocycles. The van der Waals surface area contributed by atoms with Crippen molar-refractivity contribution in [1.29, 1.82) is 0 Å². The van der Waals surface area contributed by atoms with E-state index in [1.54, 1.807) is 2.78 Å². The molecule has 2 rings (SSSR count). The molecule has 0 spiro atoms. The number of aromatic nitrogens is 1. The van der Waals surface area contributed by atoms with Gasteiger partial charge in [0.25, 0.3) is 0 Å². The van der Waals surface area contributed by atoms with Crippen LogP contribution in [0.15, 0.2) is 24.3 Å². The highest BCUT2D eigenvalue weighted by molar-refractivity contribution is 14.1. The normalized spacial score (nSPS) is 10.8. The lowest BCUT2D eigenvalue weighted by Crippen LogP contribution is -1.75.